The average molecular weight is 406 g/mol. The first-order valence-electron chi connectivity index (χ1n) is 8.94. The normalized spacial score (nSPS) is 15.1. The largest absolute Gasteiger partial charge is 0.461 e. The van der Waals surface area contributed by atoms with Crippen molar-refractivity contribution < 1.29 is 27.5 Å². The second kappa shape index (κ2) is 8.26. The van der Waals surface area contributed by atoms with Gasteiger partial charge in [-0.15, -0.1) is 0 Å². The number of benzene rings is 1. The molecule has 2 aromatic rings. The van der Waals surface area contributed by atoms with Gasteiger partial charge in [-0.2, -0.15) is 0 Å². The number of rotatable bonds is 7. The second-order valence-electron chi connectivity index (χ2n) is 6.75. The summed E-state index contributed by atoms with van der Waals surface area (Å²) in [4.78, 5) is 26.1. The summed E-state index contributed by atoms with van der Waals surface area (Å²) >= 11 is 0. The lowest BCUT2D eigenvalue weighted by Crippen LogP contribution is -2.40. The van der Waals surface area contributed by atoms with Crippen LogP contribution in [0.2, 0.25) is 0 Å². The van der Waals surface area contributed by atoms with Crippen LogP contribution in [-0.4, -0.2) is 49.3 Å². The highest BCUT2D eigenvalue weighted by Gasteiger charge is 2.29. The number of nitrogens with one attached hydrogen (secondary N) is 1. The molecule has 1 aliphatic rings. The van der Waals surface area contributed by atoms with Gasteiger partial charge in [0.1, 0.15) is 0 Å². The third-order valence-corrected chi connectivity index (χ3v) is 6.04. The minimum atomic E-state index is -3.73. The first-order chi connectivity index (χ1) is 13.3. The molecule has 150 valence electrons. The molecule has 1 aliphatic heterocycles. The molecular weight excluding hydrogens is 384 g/mol. The van der Waals surface area contributed by atoms with Crippen LogP contribution in [0.3, 0.4) is 0 Å². The molecule has 0 fully saturated rings. The molecule has 0 saturated carbocycles. The molecule has 1 aromatic carbocycles. The average Bonchev–Trinajstić information content (AvgIpc) is 3.20. The van der Waals surface area contributed by atoms with Crippen LogP contribution in [0.1, 0.15) is 35.0 Å². The van der Waals surface area contributed by atoms with Gasteiger partial charge in [0.05, 0.1) is 17.3 Å². The Labute approximate surface area is 163 Å². The first-order valence-corrected chi connectivity index (χ1v) is 10.4. The Kier molecular flexibility index (Phi) is 5.97. The molecule has 0 radical (unpaired) electrons. The molecule has 2 N–H and O–H groups in total. The van der Waals surface area contributed by atoms with E-state index in [1.807, 2.05) is 0 Å². The van der Waals surface area contributed by atoms with Crippen LogP contribution in [0.25, 0.3) is 0 Å². The highest BCUT2D eigenvalue weighted by Crippen LogP contribution is 2.23. The molecule has 8 nitrogen and oxygen atoms in total. The van der Waals surface area contributed by atoms with E-state index in [-0.39, 0.29) is 23.7 Å². The first kappa shape index (κ1) is 20.2. The standard InChI is InChI=1S/C19H22N2O6S/c1-13(22)6-8-20-28(25,26)16-5-4-14-7-9-21(12-15(14)11-16)19(24)18(23)17-3-2-10-27-17/h2-5,10-11,13,20,22H,6-9,12H2,1H3/t13-/m1/s1. The number of Topliss-reactive ketones (excluding diaryl/α,β-unsaturated/α-hetero) is 1. The van der Waals surface area contributed by atoms with Gasteiger partial charge in [0.25, 0.3) is 11.7 Å². The highest BCUT2D eigenvalue weighted by atomic mass is 32.2. The summed E-state index contributed by atoms with van der Waals surface area (Å²) in [7, 11) is -3.73. The van der Waals surface area contributed by atoms with Crippen LogP contribution < -0.4 is 4.72 Å². The Morgan fingerprint density at radius 2 is 2.07 bits per heavy atom. The van der Waals surface area contributed by atoms with Crippen LogP contribution in [0.5, 0.6) is 0 Å². The van der Waals surface area contributed by atoms with Gasteiger partial charge in [-0.3, -0.25) is 9.59 Å². The smallest absolute Gasteiger partial charge is 0.298 e. The third kappa shape index (κ3) is 4.49. The fourth-order valence-electron chi connectivity index (χ4n) is 3.02. The number of carbonyl (C=O) groups is 2. The van der Waals surface area contributed by atoms with Crippen LogP contribution in [0.15, 0.2) is 45.9 Å². The monoisotopic (exact) mass is 406 g/mol. The van der Waals surface area contributed by atoms with Gasteiger partial charge in [-0.25, -0.2) is 13.1 Å². The number of carbonyl (C=O) groups excluding carboxylic acids is 2. The van der Waals surface area contributed by atoms with E-state index in [9.17, 15) is 23.1 Å². The number of hydrogen-bond donors (Lipinski definition) is 2. The predicted octanol–water partition coefficient (Wildman–Crippen LogP) is 1.10. The van der Waals surface area contributed by atoms with Crippen LogP contribution in [-0.2, 0) is 27.8 Å². The number of aliphatic hydroxyl groups is 1. The van der Waals surface area contributed by atoms with Crippen molar-refractivity contribution in [2.45, 2.75) is 37.3 Å². The number of nitrogens with zero attached hydrogens (tertiary/aromatic N) is 1. The van der Waals surface area contributed by atoms with Crippen molar-refractivity contribution in [3.8, 4) is 0 Å². The molecule has 1 aromatic heterocycles. The molecule has 28 heavy (non-hydrogen) atoms. The van der Waals surface area contributed by atoms with Crippen LogP contribution in [0, 0.1) is 0 Å². The topological polar surface area (TPSA) is 117 Å². The van der Waals surface area contributed by atoms with Gasteiger partial charge < -0.3 is 14.4 Å². The summed E-state index contributed by atoms with van der Waals surface area (Å²) in [6.07, 6.45) is 1.56. The maximum Gasteiger partial charge on any atom is 0.298 e. The number of amides is 1. The molecule has 0 aliphatic carbocycles. The summed E-state index contributed by atoms with van der Waals surface area (Å²) in [5, 5.41) is 9.27. The van der Waals surface area contributed by atoms with Crippen molar-refractivity contribution in [3.63, 3.8) is 0 Å². The lowest BCUT2D eigenvalue weighted by molar-refractivity contribution is -0.127. The highest BCUT2D eigenvalue weighted by molar-refractivity contribution is 7.89. The molecule has 9 heteroatoms. The lowest BCUT2D eigenvalue weighted by Gasteiger charge is -2.28. The van der Waals surface area contributed by atoms with Crippen molar-refractivity contribution in [2.24, 2.45) is 0 Å². The SMILES string of the molecule is C[C@@H](O)CCNS(=O)(=O)c1ccc2c(c1)CN(C(=O)C(=O)c1ccco1)CC2. The van der Waals surface area contributed by atoms with E-state index in [1.54, 1.807) is 13.0 Å². The fraction of sp³-hybridized carbons (Fsp3) is 0.368. The van der Waals surface area contributed by atoms with Gasteiger partial charge in [0, 0.05) is 19.6 Å². The zero-order chi connectivity index (χ0) is 20.3. The van der Waals surface area contributed by atoms with Crippen molar-refractivity contribution in [1.29, 1.82) is 0 Å². The van der Waals surface area contributed by atoms with Gasteiger partial charge in [0.15, 0.2) is 5.76 Å². The number of sulfonamides is 1. The third-order valence-electron chi connectivity index (χ3n) is 4.58. The molecular formula is C19H22N2O6S. The Hall–Kier alpha value is -2.49. The summed E-state index contributed by atoms with van der Waals surface area (Å²) < 4.78 is 32.3. The number of hydrogen-bond acceptors (Lipinski definition) is 6. The van der Waals surface area contributed by atoms with Gasteiger partial charge >= 0.3 is 0 Å². The van der Waals surface area contributed by atoms with E-state index in [2.05, 4.69) is 4.72 Å². The fourth-order valence-corrected chi connectivity index (χ4v) is 4.11. The number of aliphatic hydroxyl groups excluding tert-OH is 1. The Morgan fingerprint density at radius 3 is 2.75 bits per heavy atom. The molecule has 3 rings (SSSR count). The van der Waals surface area contributed by atoms with Gasteiger partial charge in [0.2, 0.25) is 10.0 Å². The number of ketones is 1. The lowest BCUT2D eigenvalue weighted by atomic mass is 9.99. The molecule has 0 saturated heterocycles. The van der Waals surface area contributed by atoms with Gasteiger partial charge in [-0.05, 0) is 55.2 Å². The summed E-state index contributed by atoms with van der Waals surface area (Å²) in [5.41, 5.74) is 1.63. The van der Waals surface area contributed by atoms with Crippen molar-refractivity contribution in [1.82, 2.24) is 9.62 Å². The molecule has 1 atom stereocenters. The zero-order valence-corrected chi connectivity index (χ0v) is 16.2. The van der Waals surface area contributed by atoms with Crippen molar-refractivity contribution in [2.75, 3.05) is 13.1 Å². The van der Waals surface area contributed by atoms with E-state index in [1.165, 1.54) is 35.4 Å². The molecule has 2 heterocycles. The van der Waals surface area contributed by atoms with E-state index in [0.29, 0.717) is 24.9 Å². The predicted molar refractivity (Wildman–Crippen MR) is 100 cm³/mol. The number of fused-ring (bicyclic) bond motifs is 1. The van der Waals surface area contributed by atoms with E-state index in [4.69, 9.17) is 4.42 Å². The van der Waals surface area contributed by atoms with Crippen LogP contribution in [0.4, 0.5) is 0 Å². The Bertz CT molecular complexity index is 966. The van der Waals surface area contributed by atoms with Crippen molar-refractivity contribution >= 4 is 21.7 Å². The van der Waals surface area contributed by atoms with E-state index in [0.717, 1.165) is 5.56 Å². The maximum absolute atomic E-state index is 12.5. The minimum absolute atomic E-state index is 0.0190. The number of furan rings is 1. The molecule has 0 spiro atoms. The van der Waals surface area contributed by atoms with Gasteiger partial charge in [-0.1, -0.05) is 6.07 Å². The molecule has 1 amide bonds. The zero-order valence-electron chi connectivity index (χ0n) is 15.4. The Morgan fingerprint density at radius 1 is 1.29 bits per heavy atom. The van der Waals surface area contributed by atoms with E-state index >= 15 is 0 Å². The molecule has 0 bridgehead atoms. The van der Waals surface area contributed by atoms with Crippen LogP contribution >= 0.6 is 0 Å². The van der Waals surface area contributed by atoms with Crippen molar-refractivity contribution in [3.05, 3.63) is 53.5 Å². The minimum Gasteiger partial charge on any atom is -0.461 e. The molecule has 0 unspecified atom stereocenters. The summed E-state index contributed by atoms with van der Waals surface area (Å²) in [6.45, 7) is 2.23. The quantitative estimate of drug-likeness (QED) is 0.525. The van der Waals surface area contributed by atoms with E-state index < -0.39 is 27.8 Å². The maximum atomic E-state index is 12.5. The Balaban J connectivity index is 1.74. The summed E-state index contributed by atoms with van der Waals surface area (Å²) in [5.74, 6) is -1.42. The summed E-state index contributed by atoms with van der Waals surface area (Å²) in [6, 6.07) is 7.75. The second-order valence-corrected chi connectivity index (χ2v) is 8.52.